The standard InChI is InChI=1S/C35H37NO/c1-3-4-5-12-23-37-35-26-34-31(24-27(35)2)21-22-36(34)32-19-17-28(18-20-32)25-33(29-13-8-6-9-14-29)30-15-10-7-11-16-30/h6-11,13-20,24-26H,3-5,12,21-23H2,1-2H3. The maximum absolute atomic E-state index is 6.21. The Morgan fingerprint density at radius 1 is 0.811 bits per heavy atom. The molecule has 0 unspecified atom stereocenters. The van der Waals surface area contributed by atoms with Crippen LogP contribution in [0.3, 0.4) is 0 Å². The van der Waals surface area contributed by atoms with Gasteiger partial charge in [-0.05, 0) is 71.4 Å². The first-order valence-electron chi connectivity index (χ1n) is 13.7. The molecule has 1 aliphatic heterocycles. The lowest BCUT2D eigenvalue weighted by Gasteiger charge is -2.21. The van der Waals surface area contributed by atoms with Crippen molar-refractivity contribution in [3.8, 4) is 5.75 Å². The number of fused-ring (bicyclic) bond motifs is 1. The Labute approximate surface area is 222 Å². The van der Waals surface area contributed by atoms with Gasteiger partial charge in [-0.15, -0.1) is 0 Å². The Balaban J connectivity index is 1.37. The van der Waals surface area contributed by atoms with E-state index in [0.717, 1.165) is 31.7 Å². The molecule has 0 atom stereocenters. The van der Waals surface area contributed by atoms with Crippen LogP contribution in [0.4, 0.5) is 11.4 Å². The maximum atomic E-state index is 6.21. The molecule has 0 radical (unpaired) electrons. The summed E-state index contributed by atoms with van der Waals surface area (Å²) < 4.78 is 6.21. The van der Waals surface area contributed by atoms with E-state index in [9.17, 15) is 0 Å². The summed E-state index contributed by atoms with van der Waals surface area (Å²) in [6.45, 7) is 6.21. The molecule has 4 aromatic rings. The summed E-state index contributed by atoms with van der Waals surface area (Å²) in [5, 5.41) is 0. The van der Waals surface area contributed by atoms with Crippen molar-refractivity contribution in [1.29, 1.82) is 0 Å². The Kier molecular flexibility index (Phi) is 8.05. The highest BCUT2D eigenvalue weighted by molar-refractivity contribution is 5.91. The van der Waals surface area contributed by atoms with E-state index in [4.69, 9.17) is 4.74 Å². The van der Waals surface area contributed by atoms with Gasteiger partial charge < -0.3 is 9.64 Å². The van der Waals surface area contributed by atoms with Gasteiger partial charge in [0.1, 0.15) is 5.75 Å². The molecule has 4 aromatic carbocycles. The zero-order valence-electron chi connectivity index (χ0n) is 22.1. The van der Waals surface area contributed by atoms with Gasteiger partial charge in [0.15, 0.2) is 0 Å². The quantitative estimate of drug-likeness (QED) is 0.163. The van der Waals surface area contributed by atoms with Crippen molar-refractivity contribution < 1.29 is 4.74 Å². The van der Waals surface area contributed by atoms with E-state index in [1.165, 1.54) is 64.0 Å². The van der Waals surface area contributed by atoms with E-state index in [2.05, 4.69) is 122 Å². The van der Waals surface area contributed by atoms with Crippen LogP contribution in [-0.2, 0) is 6.42 Å². The van der Waals surface area contributed by atoms with Crippen molar-refractivity contribution in [3.05, 3.63) is 125 Å². The molecule has 0 N–H and O–H groups in total. The molecule has 0 aromatic heterocycles. The number of benzene rings is 4. The van der Waals surface area contributed by atoms with E-state index >= 15 is 0 Å². The van der Waals surface area contributed by atoms with Crippen LogP contribution < -0.4 is 9.64 Å². The molecule has 1 heterocycles. The van der Waals surface area contributed by atoms with Crippen molar-refractivity contribution in [2.24, 2.45) is 0 Å². The fourth-order valence-electron chi connectivity index (χ4n) is 5.16. The Morgan fingerprint density at radius 3 is 2.14 bits per heavy atom. The Bertz CT molecular complexity index is 1280. The summed E-state index contributed by atoms with van der Waals surface area (Å²) >= 11 is 0. The van der Waals surface area contributed by atoms with Crippen LogP contribution in [0.15, 0.2) is 97.1 Å². The van der Waals surface area contributed by atoms with Crippen LogP contribution in [0.2, 0.25) is 0 Å². The zero-order valence-corrected chi connectivity index (χ0v) is 22.1. The highest BCUT2D eigenvalue weighted by Gasteiger charge is 2.22. The summed E-state index contributed by atoms with van der Waals surface area (Å²) in [6.07, 6.45) is 8.26. The number of anilines is 2. The normalized spacial score (nSPS) is 12.3. The third-order valence-corrected chi connectivity index (χ3v) is 7.21. The average molecular weight is 488 g/mol. The molecule has 5 rings (SSSR count). The second-order valence-electron chi connectivity index (χ2n) is 9.94. The van der Waals surface area contributed by atoms with Gasteiger partial charge in [0, 0.05) is 24.0 Å². The smallest absolute Gasteiger partial charge is 0.124 e. The number of hydrogen-bond donors (Lipinski definition) is 0. The van der Waals surface area contributed by atoms with Gasteiger partial charge >= 0.3 is 0 Å². The molecule has 0 saturated heterocycles. The minimum atomic E-state index is 0.797. The van der Waals surface area contributed by atoms with Crippen molar-refractivity contribution in [2.45, 2.75) is 46.0 Å². The first-order chi connectivity index (χ1) is 18.2. The summed E-state index contributed by atoms with van der Waals surface area (Å²) in [5.41, 5.74) is 10.1. The number of rotatable bonds is 10. The fraction of sp³-hybridized carbons (Fsp3) is 0.257. The highest BCUT2D eigenvalue weighted by Crippen LogP contribution is 2.39. The van der Waals surface area contributed by atoms with Crippen LogP contribution in [0.5, 0.6) is 5.75 Å². The average Bonchev–Trinajstić information content (AvgIpc) is 3.35. The first-order valence-corrected chi connectivity index (χ1v) is 13.7. The predicted molar refractivity (Wildman–Crippen MR) is 158 cm³/mol. The van der Waals surface area contributed by atoms with Crippen molar-refractivity contribution in [2.75, 3.05) is 18.1 Å². The van der Waals surface area contributed by atoms with E-state index in [-0.39, 0.29) is 0 Å². The molecule has 2 heteroatoms. The van der Waals surface area contributed by atoms with Crippen LogP contribution >= 0.6 is 0 Å². The van der Waals surface area contributed by atoms with Crippen LogP contribution in [0, 0.1) is 6.92 Å². The van der Waals surface area contributed by atoms with Crippen molar-refractivity contribution in [1.82, 2.24) is 0 Å². The fourth-order valence-corrected chi connectivity index (χ4v) is 5.16. The van der Waals surface area contributed by atoms with Gasteiger partial charge in [0.05, 0.1) is 6.61 Å². The molecule has 188 valence electrons. The Morgan fingerprint density at radius 2 is 1.49 bits per heavy atom. The van der Waals surface area contributed by atoms with Crippen molar-refractivity contribution in [3.63, 3.8) is 0 Å². The van der Waals surface area contributed by atoms with Gasteiger partial charge in [-0.1, -0.05) is 105 Å². The largest absolute Gasteiger partial charge is 0.493 e. The first kappa shape index (κ1) is 24.9. The van der Waals surface area contributed by atoms with Crippen LogP contribution in [-0.4, -0.2) is 13.2 Å². The van der Waals surface area contributed by atoms with Crippen LogP contribution in [0.25, 0.3) is 11.6 Å². The van der Waals surface area contributed by atoms with Crippen molar-refractivity contribution >= 4 is 23.0 Å². The Hall–Kier alpha value is -3.78. The number of ether oxygens (including phenoxy) is 1. The molecule has 37 heavy (non-hydrogen) atoms. The SMILES string of the molecule is CCCCCCOc1cc2c(cc1C)CCN2c1ccc(C=C(c2ccccc2)c2ccccc2)cc1. The van der Waals surface area contributed by atoms with Gasteiger partial charge in [0.2, 0.25) is 0 Å². The van der Waals surface area contributed by atoms with E-state index < -0.39 is 0 Å². The molecule has 0 amide bonds. The summed E-state index contributed by atoms with van der Waals surface area (Å²) in [4.78, 5) is 2.43. The highest BCUT2D eigenvalue weighted by atomic mass is 16.5. The minimum absolute atomic E-state index is 0.797. The van der Waals surface area contributed by atoms with Gasteiger partial charge in [-0.3, -0.25) is 0 Å². The third kappa shape index (κ3) is 5.97. The second kappa shape index (κ2) is 12.0. The number of unbranched alkanes of at least 4 members (excludes halogenated alkanes) is 3. The number of aryl methyl sites for hydroxylation is 1. The predicted octanol–water partition coefficient (Wildman–Crippen LogP) is 9.24. The molecule has 1 aliphatic rings. The van der Waals surface area contributed by atoms with Crippen LogP contribution in [0.1, 0.15) is 60.4 Å². The monoisotopic (exact) mass is 487 g/mol. The second-order valence-corrected chi connectivity index (χ2v) is 9.94. The summed E-state index contributed by atoms with van der Waals surface area (Å²) in [7, 11) is 0. The van der Waals surface area contributed by atoms with E-state index in [1.807, 2.05) is 0 Å². The lowest BCUT2D eigenvalue weighted by Crippen LogP contribution is -2.13. The lowest BCUT2D eigenvalue weighted by molar-refractivity contribution is 0.303. The topological polar surface area (TPSA) is 12.5 Å². The number of nitrogens with zero attached hydrogens (tertiary/aromatic N) is 1. The van der Waals surface area contributed by atoms with E-state index in [0.29, 0.717) is 0 Å². The zero-order chi connectivity index (χ0) is 25.5. The molecular weight excluding hydrogens is 450 g/mol. The molecule has 2 nitrogen and oxygen atoms in total. The lowest BCUT2D eigenvalue weighted by atomic mass is 9.96. The molecule has 0 spiro atoms. The molecule has 0 aliphatic carbocycles. The molecule has 0 fully saturated rings. The van der Waals surface area contributed by atoms with Gasteiger partial charge in [0.25, 0.3) is 0 Å². The molecular formula is C35H37NO. The number of hydrogen-bond acceptors (Lipinski definition) is 2. The third-order valence-electron chi connectivity index (χ3n) is 7.21. The molecule has 0 bridgehead atoms. The summed E-state index contributed by atoms with van der Waals surface area (Å²) in [5.74, 6) is 1.03. The van der Waals surface area contributed by atoms with E-state index in [1.54, 1.807) is 0 Å². The summed E-state index contributed by atoms with van der Waals surface area (Å²) in [6, 6.07) is 34.8. The maximum Gasteiger partial charge on any atom is 0.124 e. The minimum Gasteiger partial charge on any atom is -0.493 e. The van der Waals surface area contributed by atoms with Gasteiger partial charge in [-0.2, -0.15) is 0 Å². The molecule has 0 saturated carbocycles. The van der Waals surface area contributed by atoms with Gasteiger partial charge in [-0.25, -0.2) is 0 Å².